The molecule has 5 nitrogen and oxygen atoms in total. The van der Waals surface area contributed by atoms with Gasteiger partial charge in [-0.25, -0.2) is 8.78 Å². The second-order valence-corrected chi connectivity index (χ2v) is 4.78. The minimum absolute atomic E-state index is 0.127. The Morgan fingerprint density at radius 2 is 2.00 bits per heavy atom. The first-order valence-electron chi connectivity index (χ1n) is 6.65. The maximum Gasteiger partial charge on any atom is 0.223 e. The molecule has 1 atom stereocenters. The van der Waals surface area contributed by atoms with E-state index < -0.39 is 17.4 Å². The average molecular weight is 297 g/mol. The van der Waals surface area contributed by atoms with Crippen LogP contribution in [0, 0.1) is 18.6 Å². The fourth-order valence-electron chi connectivity index (χ4n) is 1.85. The molecule has 0 fully saturated rings. The molecule has 0 amide bonds. The van der Waals surface area contributed by atoms with Crippen LogP contribution in [0.3, 0.4) is 0 Å². The fraction of sp³-hybridized carbons (Fsp3) is 0.429. The van der Waals surface area contributed by atoms with Gasteiger partial charge >= 0.3 is 0 Å². The number of aromatic nitrogens is 2. The van der Waals surface area contributed by atoms with E-state index in [9.17, 15) is 8.78 Å². The van der Waals surface area contributed by atoms with Crippen molar-refractivity contribution in [3.63, 3.8) is 0 Å². The summed E-state index contributed by atoms with van der Waals surface area (Å²) in [4.78, 5) is 3.89. The summed E-state index contributed by atoms with van der Waals surface area (Å²) in [5.41, 5.74) is 6.28. The van der Waals surface area contributed by atoms with Crippen LogP contribution in [0.25, 0.3) is 0 Å². The molecule has 1 unspecified atom stereocenters. The van der Waals surface area contributed by atoms with Crippen molar-refractivity contribution in [1.82, 2.24) is 10.1 Å². The van der Waals surface area contributed by atoms with E-state index in [1.54, 1.807) is 6.92 Å². The Balaban J connectivity index is 2.09. The van der Waals surface area contributed by atoms with Gasteiger partial charge < -0.3 is 15.0 Å². The first-order chi connectivity index (χ1) is 9.99. The number of nitrogens with zero attached hydrogens (tertiary/aromatic N) is 2. The summed E-state index contributed by atoms with van der Waals surface area (Å²) in [6.45, 7) is 3.37. The SMILES string of the molecule is CCC(N)Cc1cc(F)c(OCc2noc(C)n2)c(F)c1. The molecular weight excluding hydrogens is 280 g/mol. The summed E-state index contributed by atoms with van der Waals surface area (Å²) >= 11 is 0. The topological polar surface area (TPSA) is 74.2 Å². The van der Waals surface area contributed by atoms with Gasteiger partial charge in [-0.3, -0.25) is 0 Å². The van der Waals surface area contributed by atoms with Gasteiger partial charge in [0.25, 0.3) is 0 Å². The van der Waals surface area contributed by atoms with Crippen LogP contribution in [0.2, 0.25) is 0 Å². The van der Waals surface area contributed by atoms with Gasteiger partial charge in [-0.2, -0.15) is 4.98 Å². The minimum atomic E-state index is -0.770. The molecule has 2 N–H and O–H groups in total. The highest BCUT2D eigenvalue weighted by Crippen LogP contribution is 2.24. The highest BCUT2D eigenvalue weighted by molar-refractivity contribution is 5.31. The van der Waals surface area contributed by atoms with Gasteiger partial charge in [0.1, 0.15) is 0 Å². The molecule has 2 rings (SSSR count). The maximum absolute atomic E-state index is 13.9. The molecule has 7 heteroatoms. The van der Waals surface area contributed by atoms with Crippen molar-refractivity contribution in [3.8, 4) is 5.75 Å². The van der Waals surface area contributed by atoms with E-state index in [0.29, 0.717) is 17.9 Å². The highest BCUT2D eigenvalue weighted by atomic mass is 19.1. The van der Waals surface area contributed by atoms with E-state index in [4.69, 9.17) is 15.0 Å². The van der Waals surface area contributed by atoms with E-state index in [2.05, 4.69) is 10.1 Å². The van der Waals surface area contributed by atoms with Crippen LogP contribution in [0.5, 0.6) is 5.75 Å². The highest BCUT2D eigenvalue weighted by Gasteiger charge is 2.15. The number of nitrogens with two attached hydrogens (primary N) is 1. The van der Waals surface area contributed by atoms with Crippen molar-refractivity contribution in [1.29, 1.82) is 0 Å². The first-order valence-corrected chi connectivity index (χ1v) is 6.65. The number of hydrogen-bond acceptors (Lipinski definition) is 5. The normalized spacial score (nSPS) is 12.4. The molecule has 0 aliphatic carbocycles. The Kier molecular flexibility index (Phi) is 4.85. The van der Waals surface area contributed by atoms with Crippen molar-refractivity contribution in [2.24, 2.45) is 5.73 Å². The Bertz CT molecular complexity index is 593. The van der Waals surface area contributed by atoms with Crippen molar-refractivity contribution < 1.29 is 18.0 Å². The van der Waals surface area contributed by atoms with Gasteiger partial charge in [0.15, 0.2) is 24.0 Å². The van der Waals surface area contributed by atoms with Crippen LogP contribution in [0.15, 0.2) is 16.7 Å². The Morgan fingerprint density at radius 1 is 1.33 bits per heavy atom. The van der Waals surface area contributed by atoms with Gasteiger partial charge in [0.05, 0.1) is 0 Å². The maximum atomic E-state index is 13.9. The standard InChI is InChI=1S/C14H17F2N3O2/c1-3-10(17)4-9-5-11(15)14(12(16)6-9)20-7-13-18-8(2)21-19-13/h5-6,10H,3-4,7,17H2,1-2H3. The van der Waals surface area contributed by atoms with E-state index in [1.165, 1.54) is 12.1 Å². The largest absolute Gasteiger partial charge is 0.479 e. The number of halogens is 2. The lowest BCUT2D eigenvalue weighted by Gasteiger charge is -2.11. The third-order valence-electron chi connectivity index (χ3n) is 3.00. The molecule has 0 aliphatic rings. The zero-order valence-corrected chi connectivity index (χ0v) is 11.9. The Morgan fingerprint density at radius 3 is 2.52 bits per heavy atom. The molecule has 1 heterocycles. The summed E-state index contributed by atoms with van der Waals surface area (Å²) in [5.74, 6) is -1.41. The van der Waals surface area contributed by atoms with Crippen LogP contribution in [-0.4, -0.2) is 16.2 Å². The van der Waals surface area contributed by atoms with Crippen LogP contribution in [-0.2, 0) is 13.0 Å². The summed E-state index contributed by atoms with van der Waals surface area (Å²) < 4.78 is 37.6. The second kappa shape index (κ2) is 6.62. The summed E-state index contributed by atoms with van der Waals surface area (Å²) in [6.07, 6.45) is 1.15. The lowest BCUT2D eigenvalue weighted by molar-refractivity contribution is 0.259. The first kappa shape index (κ1) is 15.4. The van der Waals surface area contributed by atoms with Crippen molar-refractivity contribution in [2.75, 3.05) is 0 Å². The summed E-state index contributed by atoms with van der Waals surface area (Å²) in [5, 5.41) is 3.59. The number of benzene rings is 1. The van der Waals surface area contributed by atoms with Gasteiger partial charge in [0, 0.05) is 13.0 Å². The number of rotatable bonds is 6. The van der Waals surface area contributed by atoms with Crippen LogP contribution >= 0.6 is 0 Å². The summed E-state index contributed by atoms with van der Waals surface area (Å²) in [7, 11) is 0. The van der Waals surface area contributed by atoms with E-state index >= 15 is 0 Å². The zero-order valence-electron chi connectivity index (χ0n) is 11.9. The van der Waals surface area contributed by atoms with Gasteiger partial charge in [0.2, 0.25) is 11.7 Å². The molecular formula is C14H17F2N3O2. The lowest BCUT2D eigenvalue weighted by atomic mass is 10.0. The molecule has 0 spiro atoms. The third kappa shape index (κ3) is 3.98. The van der Waals surface area contributed by atoms with Crippen molar-refractivity contribution >= 4 is 0 Å². The zero-order chi connectivity index (χ0) is 15.4. The second-order valence-electron chi connectivity index (χ2n) is 4.78. The van der Waals surface area contributed by atoms with E-state index in [0.717, 1.165) is 6.42 Å². The lowest BCUT2D eigenvalue weighted by Crippen LogP contribution is -2.21. The van der Waals surface area contributed by atoms with Gasteiger partial charge in [-0.15, -0.1) is 0 Å². The molecule has 1 aromatic carbocycles. The smallest absolute Gasteiger partial charge is 0.223 e. The van der Waals surface area contributed by atoms with Crippen molar-refractivity contribution in [3.05, 3.63) is 41.0 Å². The quantitative estimate of drug-likeness (QED) is 0.886. The molecule has 0 bridgehead atoms. The molecule has 1 aromatic heterocycles. The van der Waals surface area contributed by atoms with Gasteiger partial charge in [-0.05, 0) is 30.5 Å². The minimum Gasteiger partial charge on any atom is -0.479 e. The average Bonchev–Trinajstić information content (AvgIpc) is 2.83. The van der Waals surface area contributed by atoms with Crippen molar-refractivity contribution in [2.45, 2.75) is 39.3 Å². The molecule has 0 aliphatic heterocycles. The number of aryl methyl sites for hydroxylation is 1. The van der Waals surface area contributed by atoms with Crippen LogP contribution in [0.4, 0.5) is 8.78 Å². The molecule has 114 valence electrons. The van der Waals surface area contributed by atoms with E-state index in [1.807, 2.05) is 6.92 Å². The van der Waals surface area contributed by atoms with Crippen LogP contribution < -0.4 is 10.5 Å². The fourth-order valence-corrected chi connectivity index (χ4v) is 1.85. The third-order valence-corrected chi connectivity index (χ3v) is 3.00. The molecule has 2 aromatic rings. The number of ether oxygens (including phenoxy) is 1. The molecule has 0 radical (unpaired) electrons. The molecule has 21 heavy (non-hydrogen) atoms. The van der Waals surface area contributed by atoms with Gasteiger partial charge in [-0.1, -0.05) is 12.1 Å². The van der Waals surface area contributed by atoms with Crippen LogP contribution in [0.1, 0.15) is 30.6 Å². The number of hydrogen-bond donors (Lipinski definition) is 1. The monoisotopic (exact) mass is 297 g/mol. The Labute approximate surface area is 121 Å². The summed E-state index contributed by atoms with van der Waals surface area (Å²) in [6, 6.07) is 2.34. The Hall–Kier alpha value is -2.02. The molecule has 0 saturated carbocycles. The molecule has 0 saturated heterocycles. The van der Waals surface area contributed by atoms with E-state index in [-0.39, 0.29) is 18.5 Å². The predicted molar refractivity (Wildman–Crippen MR) is 71.7 cm³/mol. The predicted octanol–water partition coefficient (Wildman–Crippen LogP) is 2.52.